The second-order valence-corrected chi connectivity index (χ2v) is 5.50. The van der Waals surface area contributed by atoms with Gasteiger partial charge in [-0.3, -0.25) is 14.9 Å². The number of carboxylic acids is 1. The third-order valence-corrected chi connectivity index (χ3v) is 3.82. The molecule has 2 rings (SSSR count). The van der Waals surface area contributed by atoms with Crippen molar-refractivity contribution in [2.75, 3.05) is 0 Å². The number of nitro benzene ring substituents is 1. The number of non-ortho nitro benzene ring substituents is 1. The van der Waals surface area contributed by atoms with Gasteiger partial charge in [-0.25, -0.2) is 0 Å². The molecule has 22 heavy (non-hydrogen) atoms. The molecule has 2 aromatic rings. The first-order chi connectivity index (χ1) is 10.5. The van der Waals surface area contributed by atoms with Crippen LogP contribution in [-0.2, 0) is 11.2 Å². The van der Waals surface area contributed by atoms with E-state index >= 15 is 0 Å². The van der Waals surface area contributed by atoms with E-state index in [1.165, 1.54) is 23.9 Å². The van der Waals surface area contributed by atoms with Crippen LogP contribution in [0.25, 0.3) is 0 Å². The molecule has 0 radical (unpaired) electrons. The molecule has 2 aromatic carbocycles. The summed E-state index contributed by atoms with van der Waals surface area (Å²) < 4.78 is 0. The van der Waals surface area contributed by atoms with E-state index in [2.05, 4.69) is 0 Å². The fraction of sp³-hybridized carbons (Fsp3) is 0.0667. The molecule has 0 saturated carbocycles. The molecule has 0 amide bonds. The molecule has 0 aromatic heterocycles. The largest absolute Gasteiger partial charge is 0.481 e. The van der Waals surface area contributed by atoms with E-state index in [1.807, 2.05) is 6.07 Å². The second kappa shape index (κ2) is 6.74. The summed E-state index contributed by atoms with van der Waals surface area (Å²) >= 11 is 1.34. The Bertz CT molecular complexity index is 766. The van der Waals surface area contributed by atoms with Crippen LogP contribution in [0.4, 0.5) is 5.69 Å². The Morgan fingerprint density at radius 3 is 2.41 bits per heavy atom. The third kappa shape index (κ3) is 3.84. The van der Waals surface area contributed by atoms with E-state index in [-0.39, 0.29) is 12.1 Å². The first-order valence-electron chi connectivity index (χ1n) is 6.16. The van der Waals surface area contributed by atoms with E-state index in [9.17, 15) is 14.9 Å². The maximum absolute atomic E-state index is 10.7. The van der Waals surface area contributed by atoms with Crippen LogP contribution in [0.1, 0.15) is 11.1 Å². The van der Waals surface area contributed by atoms with Crippen molar-refractivity contribution in [3.05, 3.63) is 63.7 Å². The minimum atomic E-state index is -0.993. The topological polar surface area (TPSA) is 104 Å². The van der Waals surface area contributed by atoms with Gasteiger partial charge >= 0.3 is 5.97 Å². The highest BCUT2D eigenvalue weighted by atomic mass is 32.2. The van der Waals surface area contributed by atoms with E-state index < -0.39 is 10.9 Å². The third-order valence-electron chi connectivity index (χ3n) is 2.83. The summed E-state index contributed by atoms with van der Waals surface area (Å²) in [5, 5.41) is 28.5. The van der Waals surface area contributed by atoms with Crippen LogP contribution >= 0.6 is 11.8 Å². The van der Waals surface area contributed by atoms with Crippen LogP contribution in [0.5, 0.6) is 0 Å². The van der Waals surface area contributed by atoms with Crippen molar-refractivity contribution in [2.45, 2.75) is 16.2 Å². The van der Waals surface area contributed by atoms with E-state index in [4.69, 9.17) is 10.4 Å². The first kappa shape index (κ1) is 15.5. The van der Waals surface area contributed by atoms with Crippen molar-refractivity contribution in [3.8, 4) is 6.07 Å². The smallest absolute Gasteiger partial charge is 0.307 e. The molecular formula is C15H10N2O4S. The van der Waals surface area contributed by atoms with Gasteiger partial charge in [0, 0.05) is 21.9 Å². The number of nitriles is 1. The monoisotopic (exact) mass is 314 g/mol. The molecule has 0 atom stereocenters. The molecule has 0 bridgehead atoms. The van der Waals surface area contributed by atoms with Crippen molar-refractivity contribution in [2.24, 2.45) is 0 Å². The van der Waals surface area contributed by atoms with Gasteiger partial charge in [0.05, 0.1) is 23.0 Å². The number of nitrogens with zero attached hydrogens (tertiary/aromatic N) is 2. The van der Waals surface area contributed by atoms with Crippen LogP contribution in [0.15, 0.2) is 52.3 Å². The predicted molar refractivity (Wildman–Crippen MR) is 79.7 cm³/mol. The molecule has 110 valence electrons. The highest BCUT2D eigenvalue weighted by Crippen LogP contribution is 2.30. The first-order valence-corrected chi connectivity index (χ1v) is 6.98. The Hall–Kier alpha value is -2.85. The normalized spacial score (nSPS) is 9.95. The Labute approximate surface area is 130 Å². The molecule has 6 nitrogen and oxygen atoms in total. The standard InChI is InChI=1S/C15H10N2O4S/c16-9-11-7-14(4-1-10(11)8-15(18)19)22-13-5-2-12(3-6-13)17(20)21/h1-7H,8H2,(H,18,19). The Morgan fingerprint density at radius 2 is 1.86 bits per heavy atom. The molecule has 0 fully saturated rings. The quantitative estimate of drug-likeness (QED) is 0.671. The van der Waals surface area contributed by atoms with Gasteiger partial charge in [0.25, 0.3) is 5.69 Å². The van der Waals surface area contributed by atoms with Crippen LogP contribution in [-0.4, -0.2) is 16.0 Å². The summed E-state index contributed by atoms with van der Waals surface area (Å²) in [7, 11) is 0. The zero-order valence-electron chi connectivity index (χ0n) is 11.2. The Morgan fingerprint density at radius 1 is 1.23 bits per heavy atom. The van der Waals surface area contributed by atoms with Gasteiger partial charge in [-0.2, -0.15) is 5.26 Å². The SMILES string of the molecule is N#Cc1cc(Sc2ccc([N+](=O)[O-])cc2)ccc1CC(=O)O. The van der Waals surface area contributed by atoms with E-state index in [0.717, 1.165) is 9.79 Å². The molecule has 0 heterocycles. The predicted octanol–water partition coefficient (Wildman–Crippen LogP) is 3.24. The summed E-state index contributed by atoms with van der Waals surface area (Å²) in [4.78, 5) is 22.4. The van der Waals surface area contributed by atoms with Gasteiger partial charge in [0.1, 0.15) is 0 Å². The number of carboxylic acid groups (broad SMARTS) is 1. The number of aliphatic carboxylic acids is 1. The number of rotatable bonds is 5. The number of hydrogen-bond donors (Lipinski definition) is 1. The van der Waals surface area contributed by atoms with Crippen molar-refractivity contribution in [1.82, 2.24) is 0 Å². The number of carbonyl (C=O) groups is 1. The number of benzene rings is 2. The summed E-state index contributed by atoms with van der Waals surface area (Å²) in [5.41, 5.74) is 0.788. The Balaban J connectivity index is 2.21. The summed E-state index contributed by atoms with van der Waals surface area (Å²) in [6, 6.07) is 13.0. The number of hydrogen-bond acceptors (Lipinski definition) is 5. The van der Waals surface area contributed by atoms with Crippen LogP contribution in [0.2, 0.25) is 0 Å². The summed E-state index contributed by atoms with van der Waals surface area (Å²) in [6.45, 7) is 0. The zero-order chi connectivity index (χ0) is 16.1. The average molecular weight is 314 g/mol. The van der Waals surface area contributed by atoms with Gasteiger partial charge in [-0.15, -0.1) is 0 Å². The number of nitro groups is 1. The van der Waals surface area contributed by atoms with Crippen LogP contribution in [0, 0.1) is 21.4 Å². The van der Waals surface area contributed by atoms with Gasteiger partial charge in [-0.05, 0) is 29.8 Å². The molecule has 0 saturated heterocycles. The van der Waals surface area contributed by atoms with Crippen LogP contribution < -0.4 is 0 Å². The zero-order valence-corrected chi connectivity index (χ0v) is 12.0. The van der Waals surface area contributed by atoms with Crippen molar-refractivity contribution in [3.63, 3.8) is 0 Å². The molecule has 1 N–H and O–H groups in total. The maximum Gasteiger partial charge on any atom is 0.307 e. The van der Waals surface area contributed by atoms with Gasteiger partial charge < -0.3 is 5.11 Å². The highest BCUT2D eigenvalue weighted by molar-refractivity contribution is 7.99. The molecule has 0 aliphatic carbocycles. The molecule has 0 unspecified atom stereocenters. The minimum Gasteiger partial charge on any atom is -0.481 e. The summed E-state index contributed by atoms with van der Waals surface area (Å²) in [6.07, 6.45) is -0.203. The minimum absolute atomic E-state index is 0.0128. The lowest BCUT2D eigenvalue weighted by molar-refractivity contribution is -0.384. The molecular weight excluding hydrogens is 304 g/mol. The van der Waals surface area contributed by atoms with Crippen molar-refractivity contribution < 1.29 is 14.8 Å². The van der Waals surface area contributed by atoms with Crippen LogP contribution in [0.3, 0.4) is 0 Å². The lowest BCUT2D eigenvalue weighted by Crippen LogP contribution is -2.02. The van der Waals surface area contributed by atoms with E-state index in [1.54, 1.807) is 30.3 Å². The Kier molecular flexibility index (Phi) is 4.76. The molecule has 7 heteroatoms. The molecule has 0 aliphatic rings. The fourth-order valence-corrected chi connectivity index (χ4v) is 2.67. The molecule has 0 aliphatic heterocycles. The summed E-state index contributed by atoms with van der Waals surface area (Å²) in [5.74, 6) is -0.993. The van der Waals surface area contributed by atoms with Gasteiger partial charge in [0.15, 0.2) is 0 Å². The van der Waals surface area contributed by atoms with Gasteiger partial charge in [-0.1, -0.05) is 17.8 Å². The maximum atomic E-state index is 10.7. The van der Waals surface area contributed by atoms with Gasteiger partial charge in [0.2, 0.25) is 0 Å². The van der Waals surface area contributed by atoms with Crippen molar-refractivity contribution >= 4 is 23.4 Å². The lowest BCUT2D eigenvalue weighted by atomic mass is 10.1. The van der Waals surface area contributed by atoms with Crippen molar-refractivity contribution in [1.29, 1.82) is 5.26 Å². The second-order valence-electron chi connectivity index (χ2n) is 4.35. The lowest BCUT2D eigenvalue weighted by Gasteiger charge is -2.05. The molecule has 0 spiro atoms. The highest BCUT2D eigenvalue weighted by Gasteiger charge is 2.09. The fourth-order valence-electron chi connectivity index (χ4n) is 1.81. The van der Waals surface area contributed by atoms with E-state index in [0.29, 0.717) is 11.1 Å². The average Bonchev–Trinajstić information content (AvgIpc) is 2.49.